The molecule has 2 heterocycles. The normalized spacial score (nSPS) is 21.3. The molecular formula is C13H20N4O. The first-order valence-electron chi connectivity index (χ1n) is 6.85. The molecule has 1 amide bonds. The van der Waals surface area contributed by atoms with Gasteiger partial charge < -0.3 is 9.80 Å². The predicted molar refractivity (Wildman–Crippen MR) is 68.6 cm³/mol. The van der Waals surface area contributed by atoms with Crippen LogP contribution in [-0.4, -0.2) is 58.6 Å². The molecular weight excluding hydrogens is 228 g/mol. The van der Waals surface area contributed by atoms with Crippen molar-refractivity contribution in [3.63, 3.8) is 0 Å². The van der Waals surface area contributed by atoms with Crippen LogP contribution < -0.4 is 0 Å². The average molecular weight is 248 g/mol. The van der Waals surface area contributed by atoms with Crippen molar-refractivity contribution < 1.29 is 4.79 Å². The molecule has 18 heavy (non-hydrogen) atoms. The molecule has 1 N–H and O–H groups in total. The molecule has 0 radical (unpaired) electrons. The van der Waals surface area contributed by atoms with Crippen LogP contribution in [0.2, 0.25) is 0 Å². The highest BCUT2D eigenvalue weighted by atomic mass is 16.2. The smallest absolute Gasteiger partial charge is 0.274 e. The number of hydrogen-bond donors (Lipinski definition) is 1. The molecule has 1 aliphatic heterocycles. The summed E-state index contributed by atoms with van der Waals surface area (Å²) in [6.45, 7) is 6.81. The summed E-state index contributed by atoms with van der Waals surface area (Å²) in [6, 6.07) is 1.94. The second kappa shape index (κ2) is 4.72. The van der Waals surface area contributed by atoms with Crippen molar-refractivity contribution in [1.29, 1.82) is 0 Å². The molecule has 1 aliphatic carbocycles. The van der Waals surface area contributed by atoms with Crippen LogP contribution in [0.4, 0.5) is 0 Å². The van der Waals surface area contributed by atoms with E-state index >= 15 is 0 Å². The first kappa shape index (κ1) is 11.7. The number of piperazine rings is 1. The van der Waals surface area contributed by atoms with E-state index in [-0.39, 0.29) is 5.91 Å². The molecule has 3 rings (SSSR count). The Balaban J connectivity index is 1.63. The summed E-state index contributed by atoms with van der Waals surface area (Å²) in [5.41, 5.74) is 1.72. The van der Waals surface area contributed by atoms with Gasteiger partial charge in [0.25, 0.3) is 5.91 Å². The lowest BCUT2D eigenvalue weighted by molar-refractivity contribution is 0.0637. The summed E-state index contributed by atoms with van der Waals surface area (Å²) in [6.07, 6.45) is 2.45. The molecule has 5 heteroatoms. The van der Waals surface area contributed by atoms with E-state index in [1.165, 1.54) is 12.8 Å². The molecule has 1 aromatic heterocycles. The highest BCUT2D eigenvalue weighted by Crippen LogP contribution is 2.39. The molecule has 0 bridgehead atoms. The monoisotopic (exact) mass is 248 g/mol. The molecule has 98 valence electrons. The molecule has 1 saturated carbocycles. The molecule has 2 aliphatic rings. The van der Waals surface area contributed by atoms with Gasteiger partial charge in [0.15, 0.2) is 0 Å². The first-order chi connectivity index (χ1) is 8.78. The summed E-state index contributed by atoms with van der Waals surface area (Å²) >= 11 is 0. The lowest BCUT2D eigenvalue weighted by Crippen LogP contribution is -2.48. The lowest BCUT2D eigenvalue weighted by atomic mass is 10.2. The Morgan fingerprint density at radius 3 is 2.72 bits per heavy atom. The van der Waals surface area contributed by atoms with Gasteiger partial charge in [0.05, 0.1) is 0 Å². The van der Waals surface area contributed by atoms with Crippen molar-refractivity contribution >= 4 is 5.91 Å². The third-order valence-electron chi connectivity index (χ3n) is 3.94. The van der Waals surface area contributed by atoms with Gasteiger partial charge in [-0.05, 0) is 25.5 Å². The van der Waals surface area contributed by atoms with Gasteiger partial charge in [-0.2, -0.15) is 5.10 Å². The largest absolute Gasteiger partial charge is 0.335 e. The zero-order valence-electron chi connectivity index (χ0n) is 10.9. The third kappa shape index (κ3) is 2.27. The Bertz CT molecular complexity index is 430. The van der Waals surface area contributed by atoms with Crippen LogP contribution in [0.15, 0.2) is 6.07 Å². The van der Waals surface area contributed by atoms with E-state index < -0.39 is 0 Å². The van der Waals surface area contributed by atoms with Gasteiger partial charge >= 0.3 is 0 Å². The number of carbonyl (C=O) groups excluding carboxylic acids is 1. The SMILES string of the molecule is CCN1CCN(C(=O)c2cc(C3CC3)[nH]n2)CC1. The minimum atomic E-state index is 0.0777. The zero-order chi connectivity index (χ0) is 12.5. The Kier molecular flexibility index (Phi) is 3.07. The summed E-state index contributed by atoms with van der Waals surface area (Å²) in [4.78, 5) is 16.6. The van der Waals surface area contributed by atoms with E-state index in [9.17, 15) is 4.79 Å². The standard InChI is InChI=1S/C13H20N4O/c1-2-16-5-7-17(8-6-16)13(18)12-9-11(14-15-12)10-3-4-10/h9-10H,2-8H2,1H3,(H,14,15). The van der Waals surface area contributed by atoms with E-state index in [1.807, 2.05) is 11.0 Å². The van der Waals surface area contributed by atoms with Crippen LogP contribution in [0.1, 0.15) is 41.9 Å². The van der Waals surface area contributed by atoms with Gasteiger partial charge in [0.1, 0.15) is 5.69 Å². The molecule has 1 saturated heterocycles. The van der Waals surface area contributed by atoms with E-state index in [0.29, 0.717) is 11.6 Å². The van der Waals surface area contributed by atoms with Crippen molar-refractivity contribution in [2.24, 2.45) is 0 Å². The van der Waals surface area contributed by atoms with Gasteiger partial charge in [-0.25, -0.2) is 0 Å². The summed E-state index contributed by atoms with van der Waals surface area (Å²) in [7, 11) is 0. The highest BCUT2D eigenvalue weighted by Gasteiger charge is 2.28. The minimum absolute atomic E-state index is 0.0777. The Morgan fingerprint density at radius 1 is 1.39 bits per heavy atom. The first-order valence-corrected chi connectivity index (χ1v) is 6.85. The van der Waals surface area contributed by atoms with E-state index in [2.05, 4.69) is 22.0 Å². The second-order valence-corrected chi connectivity index (χ2v) is 5.21. The number of amides is 1. The topological polar surface area (TPSA) is 52.2 Å². The third-order valence-corrected chi connectivity index (χ3v) is 3.94. The number of H-pyrrole nitrogens is 1. The van der Waals surface area contributed by atoms with Crippen LogP contribution in [0.25, 0.3) is 0 Å². The number of aromatic nitrogens is 2. The number of carbonyl (C=O) groups is 1. The van der Waals surface area contributed by atoms with E-state index in [1.54, 1.807) is 0 Å². The zero-order valence-corrected chi connectivity index (χ0v) is 10.9. The average Bonchev–Trinajstić information content (AvgIpc) is 3.16. The molecule has 0 unspecified atom stereocenters. The van der Waals surface area contributed by atoms with Crippen LogP contribution in [0, 0.1) is 0 Å². The van der Waals surface area contributed by atoms with Crippen molar-refractivity contribution in [2.45, 2.75) is 25.7 Å². The number of likely N-dealkylation sites (N-methyl/N-ethyl adjacent to an activating group) is 1. The Labute approximate surface area is 107 Å². The fourth-order valence-electron chi connectivity index (χ4n) is 2.48. The number of rotatable bonds is 3. The summed E-state index contributed by atoms with van der Waals surface area (Å²) < 4.78 is 0. The Morgan fingerprint density at radius 2 is 2.11 bits per heavy atom. The van der Waals surface area contributed by atoms with Gasteiger partial charge in [-0.3, -0.25) is 9.89 Å². The van der Waals surface area contributed by atoms with Crippen molar-refractivity contribution in [3.05, 3.63) is 17.5 Å². The molecule has 0 atom stereocenters. The number of hydrogen-bond acceptors (Lipinski definition) is 3. The van der Waals surface area contributed by atoms with Gasteiger partial charge in [0.2, 0.25) is 0 Å². The van der Waals surface area contributed by atoms with Gasteiger partial charge in [0, 0.05) is 37.8 Å². The summed E-state index contributed by atoms with van der Waals surface area (Å²) in [5.74, 6) is 0.699. The lowest BCUT2D eigenvalue weighted by Gasteiger charge is -2.33. The maximum absolute atomic E-state index is 12.3. The van der Waals surface area contributed by atoms with E-state index in [4.69, 9.17) is 0 Å². The molecule has 0 aromatic carbocycles. The fraction of sp³-hybridized carbons (Fsp3) is 0.692. The van der Waals surface area contributed by atoms with Gasteiger partial charge in [-0.15, -0.1) is 0 Å². The fourth-order valence-corrected chi connectivity index (χ4v) is 2.48. The quantitative estimate of drug-likeness (QED) is 0.870. The predicted octanol–water partition coefficient (Wildman–Crippen LogP) is 1.06. The number of aromatic amines is 1. The minimum Gasteiger partial charge on any atom is -0.335 e. The Hall–Kier alpha value is -1.36. The summed E-state index contributed by atoms with van der Waals surface area (Å²) in [5, 5.41) is 7.16. The molecule has 5 nitrogen and oxygen atoms in total. The second-order valence-electron chi connectivity index (χ2n) is 5.21. The number of nitrogens with zero attached hydrogens (tertiary/aromatic N) is 3. The van der Waals surface area contributed by atoms with E-state index in [0.717, 1.165) is 38.4 Å². The van der Waals surface area contributed by atoms with Crippen LogP contribution >= 0.6 is 0 Å². The molecule has 1 aromatic rings. The van der Waals surface area contributed by atoms with Crippen molar-refractivity contribution in [3.8, 4) is 0 Å². The van der Waals surface area contributed by atoms with Crippen molar-refractivity contribution in [2.75, 3.05) is 32.7 Å². The number of nitrogens with one attached hydrogen (secondary N) is 1. The van der Waals surface area contributed by atoms with Crippen LogP contribution in [0.5, 0.6) is 0 Å². The van der Waals surface area contributed by atoms with Gasteiger partial charge in [-0.1, -0.05) is 6.92 Å². The maximum atomic E-state index is 12.3. The molecule has 0 spiro atoms. The van der Waals surface area contributed by atoms with Crippen LogP contribution in [-0.2, 0) is 0 Å². The van der Waals surface area contributed by atoms with Crippen molar-refractivity contribution in [1.82, 2.24) is 20.0 Å². The highest BCUT2D eigenvalue weighted by molar-refractivity contribution is 5.92. The molecule has 2 fully saturated rings. The van der Waals surface area contributed by atoms with Crippen LogP contribution in [0.3, 0.4) is 0 Å². The maximum Gasteiger partial charge on any atom is 0.274 e.